The molecule has 10 heteroatoms. The summed E-state index contributed by atoms with van der Waals surface area (Å²) >= 11 is 1.21. The quantitative estimate of drug-likeness (QED) is 0.407. The highest BCUT2D eigenvalue weighted by molar-refractivity contribution is 7.99. The topological polar surface area (TPSA) is 119 Å². The van der Waals surface area contributed by atoms with E-state index in [4.69, 9.17) is 13.6 Å². The second kappa shape index (κ2) is 9.31. The Morgan fingerprint density at radius 1 is 1.22 bits per heavy atom. The molecule has 1 atom stereocenters. The summed E-state index contributed by atoms with van der Waals surface area (Å²) < 4.78 is 16.4. The summed E-state index contributed by atoms with van der Waals surface area (Å²) in [5.41, 5.74) is 3.69. The molecule has 1 unspecified atom stereocenters. The standard InChI is InChI=1S/C22H22N4O5S/c1-4-29-20(27)17-15(23-21(28)24-18(17)16-6-5-7-30-16)11-32-22-26-25-19(31-22)14-9-12(2)8-13(3)10-14/h5-10,18H,4,11H2,1-3H3,(H2,23,24,28). The molecule has 9 nitrogen and oxygen atoms in total. The maximum Gasteiger partial charge on any atom is 0.338 e. The van der Waals surface area contributed by atoms with Gasteiger partial charge in [0.05, 0.1) is 18.4 Å². The zero-order valence-electron chi connectivity index (χ0n) is 17.8. The van der Waals surface area contributed by atoms with Gasteiger partial charge in [-0.15, -0.1) is 10.2 Å². The van der Waals surface area contributed by atoms with Gasteiger partial charge in [0.1, 0.15) is 11.8 Å². The monoisotopic (exact) mass is 454 g/mol. The molecule has 32 heavy (non-hydrogen) atoms. The van der Waals surface area contributed by atoms with Crippen molar-refractivity contribution in [2.24, 2.45) is 0 Å². The van der Waals surface area contributed by atoms with Crippen molar-refractivity contribution in [2.75, 3.05) is 12.4 Å². The third-order valence-electron chi connectivity index (χ3n) is 4.69. The molecule has 0 radical (unpaired) electrons. The number of hydrogen-bond donors (Lipinski definition) is 2. The van der Waals surface area contributed by atoms with Gasteiger partial charge in [0.15, 0.2) is 0 Å². The first-order valence-electron chi connectivity index (χ1n) is 10.0. The van der Waals surface area contributed by atoms with Crippen molar-refractivity contribution in [1.29, 1.82) is 0 Å². The molecule has 1 aromatic carbocycles. The largest absolute Gasteiger partial charge is 0.467 e. The Morgan fingerprint density at radius 3 is 2.69 bits per heavy atom. The van der Waals surface area contributed by atoms with E-state index in [1.54, 1.807) is 19.1 Å². The van der Waals surface area contributed by atoms with Gasteiger partial charge in [-0.05, 0) is 45.0 Å². The highest BCUT2D eigenvalue weighted by Crippen LogP contribution is 2.31. The van der Waals surface area contributed by atoms with Crippen LogP contribution in [0, 0.1) is 13.8 Å². The van der Waals surface area contributed by atoms with Gasteiger partial charge in [0, 0.05) is 17.0 Å². The van der Waals surface area contributed by atoms with E-state index in [9.17, 15) is 9.59 Å². The molecular formula is C22H22N4O5S. The number of aryl methyl sites for hydroxylation is 2. The molecule has 0 saturated carbocycles. The number of carbonyl (C=O) groups is 2. The summed E-state index contributed by atoms with van der Waals surface area (Å²) in [5, 5.41) is 13.9. The van der Waals surface area contributed by atoms with Gasteiger partial charge in [0.2, 0.25) is 5.89 Å². The van der Waals surface area contributed by atoms with Crippen LogP contribution >= 0.6 is 11.8 Å². The van der Waals surface area contributed by atoms with Gasteiger partial charge in [-0.25, -0.2) is 9.59 Å². The zero-order chi connectivity index (χ0) is 22.7. The average molecular weight is 455 g/mol. The molecule has 0 bridgehead atoms. The van der Waals surface area contributed by atoms with Crippen molar-refractivity contribution >= 4 is 23.8 Å². The third kappa shape index (κ3) is 4.70. The maximum absolute atomic E-state index is 12.7. The van der Waals surface area contributed by atoms with Crippen LogP contribution in [0.15, 0.2) is 61.9 Å². The van der Waals surface area contributed by atoms with Crippen LogP contribution < -0.4 is 10.6 Å². The van der Waals surface area contributed by atoms with E-state index in [1.807, 2.05) is 26.0 Å². The Balaban J connectivity index is 1.59. The second-order valence-corrected chi connectivity index (χ2v) is 8.12. The van der Waals surface area contributed by atoms with Crippen molar-refractivity contribution in [3.63, 3.8) is 0 Å². The number of esters is 1. The number of nitrogens with one attached hydrogen (secondary N) is 2. The predicted octanol–water partition coefficient (Wildman–Crippen LogP) is 3.91. The summed E-state index contributed by atoms with van der Waals surface area (Å²) in [7, 11) is 0. The third-order valence-corrected chi connectivity index (χ3v) is 5.54. The molecule has 166 valence electrons. The molecule has 0 fully saturated rings. The summed E-state index contributed by atoms with van der Waals surface area (Å²) in [4.78, 5) is 25.0. The lowest BCUT2D eigenvalue weighted by molar-refractivity contribution is -0.139. The highest BCUT2D eigenvalue weighted by Gasteiger charge is 2.35. The molecule has 2 aromatic heterocycles. The molecular weight excluding hydrogens is 432 g/mol. The normalized spacial score (nSPS) is 16.0. The molecule has 0 saturated heterocycles. The number of benzene rings is 1. The lowest BCUT2D eigenvalue weighted by atomic mass is 10.0. The minimum Gasteiger partial charge on any atom is -0.467 e. The summed E-state index contributed by atoms with van der Waals surface area (Å²) in [6.45, 7) is 5.92. The number of thioether (sulfide) groups is 1. The van der Waals surface area contributed by atoms with Crippen LogP contribution in [0.25, 0.3) is 11.5 Å². The number of carbonyl (C=O) groups excluding carboxylic acids is 2. The van der Waals surface area contributed by atoms with E-state index in [1.165, 1.54) is 18.0 Å². The van der Waals surface area contributed by atoms with Crippen LogP contribution in [0.1, 0.15) is 29.9 Å². The van der Waals surface area contributed by atoms with Crippen LogP contribution in [0.3, 0.4) is 0 Å². The lowest BCUT2D eigenvalue weighted by Gasteiger charge is -2.27. The van der Waals surface area contributed by atoms with Crippen molar-refractivity contribution in [3.8, 4) is 11.5 Å². The molecule has 2 N–H and O–H groups in total. The first-order valence-corrected chi connectivity index (χ1v) is 11.0. The van der Waals surface area contributed by atoms with E-state index in [-0.39, 0.29) is 17.9 Å². The molecule has 1 aliphatic heterocycles. The minimum atomic E-state index is -0.762. The number of furan rings is 1. The Labute approximate surface area is 188 Å². The number of nitrogens with zero attached hydrogens (tertiary/aromatic N) is 2. The van der Waals surface area contributed by atoms with E-state index in [0.29, 0.717) is 22.6 Å². The van der Waals surface area contributed by atoms with E-state index in [0.717, 1.165) is 16.7 Å². The van der Waals surface area contributed by atoms with Crippen LogP contribution in [0.5, 0.6) is 0 Å². The Hall–Kier alpha value is -3.53. The molecule has 3 aromatic rings. The predicted molar refractivity (Wildman–Crippen MR) is 117 cm³/mol. The zero-order valence-corrected chi connectivity index (χ0v) is 18.6. The number of hydrogen-bond acceptors (Lipinski definition) is 8. The molecule has 1 aliphatic rings. The number of rotatable bonds is 7. The fourth-order valence-electron chi connectivity index (χ4n) is 3.47. The van der Waals surface area contributed by atoms with Crippen LogP contribution in [0.4, 0.5) is 4.79 Å². The molecule has 0 aliphatic carbocycles. The summed E-state index contributed by atoms with van der Waals surface area (Å²) in [6.07, 6.45) is 1.48. The Morgan fingerprint density at radius 2 is 2.00 bits per heavy atom. The fraction of sp³-hybridized carbons (Fsp3) is 0.273. The van der Waals surface area contributed by atoms with Gasteiger partial charge >= 0.3 is 12.0 Å². The average Bonchev–Trinajstić information content (AvgIpc) is 3.43. The minimum absolute atomic E-state index is 0.199. The SMILES string of the molecule is CCOC(=O)C1=C(CSc2nnc(-c3cc(C)cc(C)c3)o2)NC(=O)NC1c1ccco1. The highest BCUT2D eigenvalue weighted by atomic mass is 32.2. The maximum atomic E-state index is 12.7. The summed E-state index contributed by atoms with van der Waals surface area (Å²) in [5.74, 6) is 0.508. The van der Waals surface area contributed by atoms with Gasteiger partial charge in [-0.3, -0.25) is 0 Å². The van der Waals surface area contributed by atoms with E-state index in [2.05, 4.69) is 26.9 Å². The number of aromatic nitrogens is 2. The van der Waals surface area contributed by atoms with E-state index >= 15 is 0 Å². The number of urea groups is 1. The van der Waals surface area contributed by atoms with Crippen molar-refractivity contribution < 1.29 is 23.2 Å². The van der Waals surface area contributed by atoms with E-state index < -0.39 is 18.0 Å². The van der Waals surface area contributed by atoms with Crippen LogP contribution in [-0.4, -0.2) is 34.6 Å². The fourth-order valence-corrected chi connectivity index (χ4v) is 4.20. The van der Waals surface area contributed by atoms with Crippen LogP contribution in [-0.2, 0) is 9.53 Å². The van der Waals surface area contributed by atoms with Gasteiger partial charge in [-0.1, -0.05) is 29.0 Å². The molecule has 3 heterocycles. The number of ether oxygens (including phenoxy) is 1. The van der Waals surface area contributed by atoms with Crippen molar-refractivity contribution in [3.05, 3.63) is 64.8 Å². The summed E-state index contributed by atoms with van der Waals surface area (Å²) in [6, 6.07) is 8.17. The second-order valence-electron chi connectivity index (χ2n) is 7.20. The first-order chi connectivity index (χ1) is 15.4. The molecule has 2 amide bonds. The Bertz CT molecular complexity index is 1150. The lowest BCUT2D eigenvalue weighted by Crippen LogP contribution is -2.46. The van der Waals surface area contributed by atoms with Crippen molar-refractivity contribution in [2.45, 2.75) is 32.0 Å². The molecule has 4 rings (SSSR count). The first kappa shape index (κ1) is 21.7. The van der Waals surface area contributed by atoms with Crippen molar-refractivity contribution in [1.82, 2.24) is 20.8 Å². The molecule has 0 spiro atoms. The van der Waals surface area contributed by atoms with Gasteiger partial charge < -0.3 is 24.2 Å². The van der Waals surface area contributed by atoms with Gasteiger partial charge in [0.25, 0.3) is 5.22 Å². The number of amides is 2. The smallest absolute Gasteiger partial charge is 0.338 e. The Kier molecular flexibility index (Phi) is 6.31. The van der Waals surface area contributed by atoms with Gasteiger partial charge in [-0.2, -0.15) is 0 Å². The van der Waals surface area contributed by atoms with Crippen LogP contribution in [0.2, 0.25) is 0 Å².